The second-order valence-corrected chi connectivity index (χ2v) is 3.84. The summed E-state index contributed by atoms with van der Waals surface area (Å²) in [5, 5.41) is 12.6. The molecule has 0 aromatic carbocycles. The topological polar surface area (TPSA) is 79.0 Å². The third-order valence-corrected chi connectivity index (χ3v) is 2.80. The average Bonchev–Trinajstić information content (AvgIpc) is 2.96. The molecular weight excluding hydrogens is 208 g/mol. The Kier molecular flexibility index (Phi) is 3.53. The van der Waals surface area contributed by atoms with E-state index in [1.165, 1.54) is 0 Å². The maximum atomic E-state index is 11.8. The number of H-pyrrole nitrogens is 1. The van der Waals surface area contributed by atoms with E-state index in [1.807, 2.05) is 13.1 Å². The van der Waals surface area contributed by atoms with E-state index in [-0.39, 0.29) is 17.9 Å². The van der Waals surface area contributed by atoms with E-state index in [9.17, 15) is 4.79 Å². The van der Waals surface area contributed by atoms with Gasteiger partial charge in [-0.05, 0) is 13.1 Å². The molecule has 16 heavy (non-hydrogen) atoms. The number of nitrogens with one attached hydrogen (secondary N) is 3. The van der Waals surface area contributed by atoms with Gasteiger partial charge in [0.25, 0.3) is 0 Å². The molecule has 1 fully saturated rings. The minimum atomic E-state index is -0.104. The Hall–Kier alpha value is -1.40. The Bertz CT molecular complexity index is 339. The van der Waals surface area contributed by atoms with Crippen LogP contribution in [0.4, 0.5) is 0 Å². The maximum absolute atomic E-state index is 11.8. The summed E-state index contributed by atoms with van der Waals surface area (Å²) in [7, 11) is 1.84. The van der Waals surface area contributed by atoms with E-state index >= 15 is 0 Å². The van der Waals surface area contributed by atoms with Gasteiger partial charge in [0.15, 0.2) is 0 Å². The first-order valence-electron chi connectivity index (χ1n) is 5.32. The number of ether oxygens (including phenoxy) is 1. The second kappa shape index (κ2) is 5.09. The van der Waals surface area contributed by atoms with Crippen LogP contribution in [0.25, 0.3) is 0 Å². The zero-order valence-corrected chi connectivity index (χ0v) is 9.19. The first-order chi connectivity index (χ1) is 7.81. The number of hydrogen-bond donors (Lipinski definition) is 3. The van der Waals surface area contributed by atoms with Gasteiger partial charge in [0.2, 0.25) is 5.91 Å². The van der Waals surface area contributed by atoms with Crippen molar-refractivity contribution in [2.24, 2.45) is 5.92 Å². The van der Waals surface area contributed by atoms with Crippen molar-refractivity contribution in [3.8, 4) is 0 Å². The lowest BCUT2D eigenvalue weighted by molar-refractivity contribution is -0.125. The predicted molar refractivity (Wildman–Crippen MR) is 57.6 cm³/mol. The van der Waals surface area contributed by atoms with Crippen LogP contribution in [0.15, 0.2) is 12.3 Å². The molecule has 1 aliphatic rings. The molecule has 2 unspecified atom stereocenters. The van der Waals surface area contributed by atoms with Crippen molar-refractivity contribution in [3.63, 3.8) is 0 Å². The van der Waals surface area contributed by atoms with Crippen LogP contribution in [0, 0.1) is 5.92 Å². The molecule has 6 heteroatoms. The molecule has 0 radical (unpaired) electrons. The quantitative estimate of drug-likeness (QED) is 0.629. The molecule has 2 heterocycles. The standard InChI is InChI=1S/C10H16N4O2/c1-11-9-6-16-5-8(9)10(15)12-4-7-2-3-13-14-7/h2-3,8-9,11H,4-6H2,1H3,(H,12,15)(H,13,14). The van der Waals surface area contributed by atoms with Crippen LogP contribution >= 0.6 is 0 Å². The SMILES string of the molecule is CNC1COCC1C(=O)NCc1ccn[nH]1. The predicted octanol–water partition coefficient (Wildman–Crippen LogP) is -0.740. The monoisotopic (exact) mass is 224 g/mol. The first-order valence-corrected chi connectivity index (χ1v) is 5.32. The molecule has 2 atom stereocenters. The molecule has 1 aromatic heterocycles. The third kappa shape index (κ3) is 2.40. The van der Waals surface area contributed by atoms with Crippen molar-refractivity contribution in [1.82, 2.24) is 20.8 Å². The highest BCUT2D eigenvalue weighted by atomic mass is 16.5. The highest BCUT2D eigenvalue weighted by Crippen LogP contribution is 2.13. The zero-order valence-electron chi connectivity index (χ0n) is 9.19. The van der Waals surface area contributed by atoms with E-state index < -0.39 is 0 Å². The molecule has 0 spiro atoms. The number of likely N-dealkylation sites (N-methyl/N-ethyl adjacent to an activating group) is 1. The maximum Gasteiger partial charge on any atom is 0.227 e. The summed E-state index contributed by atoms with van der Waals surface area (Å²) in [6, 6.07) is 1.95. The van der Waals surface area contributed by atoms with Gasteiger partial charge in [-0.3, -0.25) is 9.89 Å². The Labute approximate surface area is 93.8 Å². The normalized spacial score (nSPS) is 24.6. The van der Waals surface area contributed by atoms with Gasteiger partial charge in [0.1, 0.15) is 0 Å². The lowest BCUT2D eigenvalue weighted by Crippen LogP contribution is -2.42. The molecule has 88 valence electrons. The average molecular weight is 224 g/mol. The van der Waals surface area contributed by atoms with Gasteiger partial charge < -0.3 is 15.4 Å². The molecule has 3 N–H and O–H groups in total. The number of amides is 1. The van der Waals surface area contributed by atoms with Crippen molar-refractivity contribution in [1.29, 1.82) is 0 Å². The summed E-state index contributed by atoms with van der Waals surface area (Å²) in [6.45, 7) is 1.56. The summed E-state index contributed by atoms with van der Waals surface area (Å²) in [5.74, 6) is -0.0839. The highest BCUT2D eigenvalue weighted by Gasteiger charge is 2.32. The van der Waals surface area contributed by atoms with Gasteiger partial charge in [-0.15, -0.1) is 0 Å². The van der Waals surface area contributed by atoms with E-state index in [1.54, 1.807) is 6.20 Å². The second-order valence-electron chi connectivity index (χ2n) is 3.84. The number of rotatable bonds is 4. The van der Waals surface area contributed by atoms with Crippen molar-refractivity contribution >= 4 is 5.91 Å². The van der Waals surface area contributed by atoms with Crippen LogP contribution in [0.5, 0.6) is 0 Å². The minimum absolute atomic E-state index is 0.0199. The van der Waals surface area contributed by atoms with Gasteiger partial charge in [0, 0.05) is 12.2 Å². The Morgan fingerprint density at radius 2 is 2.56 bits per heavy atom. The van der Waals surface area contributed by atoms with E-state index in [0.717, 1.165) is 5.69 Å². The lowest BCUT2D eigenvalue weighted by Gasteiger charge is -2.15. The van der Waals surface area contributed by atoms with Crippen molar-refractivity contribution in [2.75, 3.05) is 20.3 Å². The smallest absolute Gasteiger partial charge is 0.227 e. The van der Waals surface area contributed by atoms with Crippen molar-refractivity contribution < 1.29 is 9.53 Å². The first kappa shape index (κ1) is 11.1. The Balaban J connectivity index is 1.83. The van der Waals surface area contributed by atoms with E-state index in [0.29, 0.717) is 19.8 Å². The van der Waals surface area contributed by atoms with Crippen LogP contribution < -0.4 is 10.6 Å². The number of carbonyl (C=O) groups excluding carboxylic acids is 1. The molecule has 0 saturated carbocycles. The fourth-order valence-electron chi connectivity index (χ4n) is 1.79. The highest BCUT2D eigenvalue weighted by molar-refractivity contribution is 5.79. The molecular formula is C10H16N4O2. The minimum Gasteiger partial charge on any atom is -0.379 e. The number of carbonyl (C=O) groups is 1. The zero-order chi connectivity index (χ0) is 11.4. The van der Waals surface area contributed by atoms with Crippen LogP contribution in [0.2, 0.25) is 0 Å². The fourth-order valence-corrected chi connectivity index (χ4v) is 1.79. The van der Waals surface area contributed by atoms with Gasteiger partial charge in [-0.1, -0.05) is 0 Å². The van der Waals surface area contributed by atoms with Gasteiger partial charge in [-0.2, -0.15) is 5.10 Å². The summed E-state index contributed by atoms with van der Waals surface area (Å²) in [6.07, 6.45) is 1.66. The largest absolute Gasteiger partial charge is 0.379 e. The third-order valence-electron chi connectivity index (χ3n) is 2.80. The molecule has 0 aliphatic carbocycles. The van der Waals surface area contributed by atoms with E-state index in [4.69, 9.17) is 4.74 Å². The number of aromatic nitrogens is 2. The van der Waals surface area contributed by atoms with Crippen LogP contribution in [-0.2, 0) is 16.1 Å². The molecule has 1 aromatic rings. The van der Waals surface area contributed by atoms with E-state index in [2.05, 4.69) is 20.8 Å². The van der Waals surface area contributed by atoms with Crippen LogP contribution in [-0.4, -0.2) is 42.4 Å². The Morgan fingerprint density at radius 3 is 3.25 bits per heavy atom. The van der Waals surface area contributed by atoms with Gasteiger partial charge in [-0.25, -0.2) is 0 Å². The molecule has 0 bridgehead atoms. The summed E-state index contributed by atoms with van der Waals surface area (Å²) >= 11 is 0. The molecule has 1 aliphatic heterocycles. The molecule has 2 rings (SSSR count). The molecule has 1 saturated heterocycles. The van der Waals surface area contributed by atoms with Gasteiger partial charge >= 0.3 is 0 Å². The summed E-state index contributed by atoms with van der Waals surface area (Å²) in [4.78, 5) is 11.8. The lowest BCUT2D eigenvalue weighted by atomic mass is 10.0. The van der Waals surface area contributed by atoms with Crippen molar-refractivity contribution in [2.45, 2.75) is 12.6 Å². The van der Waals surface area contributed by atoms with Crippen LogP contribution in [0.3, 0.4) is 0 Å². The number of nitrogens with zero attached hydrogens (tertiary/aromatic N) is 1. The summed E-state index contributed by atoms with van der Waals surface area (Å²) in [5.41, 5.74) is 0.897. The fraction of sp³-hybridized carbons (Fsp3) is 0.600. The number of hydrogen-bond acceptors (Lipinski definition) is 4. The molecule has 1 amide bonds. The number of aromatic amines is 1. The van der Waals surface area contributed by atoms with Crippen LogP contribution in [0.1, 0.15) is 5.69 Å². The summed E-state index contributed by atoms with van der Waals surface area (Å²) < 4.78 is 5.28. The molecule has 6 nitrogen and oxygen atoms in total. The Morgan fingerprint density at radius 1 is 1.69 bits per heavy atom. The van der Waals surface area contributed by atoms with Gasteiger partial charge in [0.05, 0.1) is 31.4 Å². The van der Waals surface area contributed by atoms with Crippen molar-refractivity contribution in [3.05, 3.63) is 18.0 Å².